The molecule has 1 aromatic rings. The number of amides is 3. The highest BCUT2D eigenvalue weighted by Gasteiger charge is 2.16. The number of hydrogen-bond donors (Lipinski definition) is 3. The predicted molar refractivity (Wildman–Crippen MR) is 103 cm³/mol. The minimum absolute atomic E-state index is 0.00982. The molecule has 7 nitrogen and oxygen atoms in total. The molecule has 0 aliphatic carbocycles. The Morgan fingerprint density at radius 2 is 1.92 bits per heavy atom. The standard InChI is InChI=1S/C19H30N4O3/c1-15(24)21-14-17-6-5-13-23(12-4-3-11-20-17)19(25)22-16-7-9-18(26-2)10-8-16/h7-10,17,20H,3-6,11-14H2,1-2H3,(H,21,24)(H,22,25). The third-order valence-corrected chi connectivity index (χ3v) is 4.49. The quantitative estimate of drug-likeness (QED) is 0.767. The number of ether oxygens (including phenoxy) is 1. The lowest BCUT2D eigenvalue weighted by Gasteiger charge is -2.27. The van der Waals surface area contributed by atoms with Gasteiger partial charge >= 0.3 is 6.03 Å². The van der Waals surface area contributed by atoms with Crippen molar-refractivity contribution in [2.45, 2.75) is 38.6 Å². The van der Waals surface area contributed by atoms with E-state index in [1.165, 1.54) is 6.92 Å². The molecule has 0 radical (unpaired) electrons. The van der Waals surface area contributed by atoms with Crippen molar-refractivity contribution in [2.75, 3.05) is 38.6 Å². The lowest BCUT2D eigenvalue weighted by atomic mass is 10.1. The molecule has 26 heavy (non-hydrogen) atoms. The van der Waals surface area contributed by atoms with Gasteiger partial charge in [0.25, 0.3) is 0 Å². The fourth-order valence-electron chi connectivity index (χ4n) is 3.00. The minimum atomic E-state index is -0.0675. The van der Waals surface area contributed by atoms with E-state index in [0.717, 1.165) is 50.2 Å². The Kier molecular flexibility index (Phi) is 8.21. The molecule has 1 saturated heterocycles. The number of nitrogens with one attached hydrogen (secondary N) is 3. The van der Waals surface area contributed by atoms with Crippen LogP contribution in [0.3, 0.4) is 0 Å². The van der Waals surface area contributed by atoms with Crippen LogP contribution in [-0.4, -0.2) is 56.2 Å². The summed E-state index contributed by atoms with van der Waals surface area (Å²) in [5.74, 6) is 0.754. The first-order valence-electron chi connectivity index (χ1n) is 9.26. The second-order valence-electron chi connectivity index (χ2n) is 6.58. The summed E-state index contributed by atoms with van der Waals surface area (Å²) in [5, 5.41) is 9.32. The van der Waals surface area contributed by atoms with Crippen molar-refractivity contribution in [1.82, 2.24) is 15.5 Å². The lowest BCUT2D eigenvalue weighted by molar-refractivity contribution is -0.119. The van der Waals surface area contributed by atoms with Gasteiger partial charge in [0.1, 0.15) is 5.75 Å². The topological polar surface area (TPSA) is 82.7 Å². The summed E-state index contributed by atoms with van der Waals surface area (Å²) >= 11 is 0. The lowest BCUT2D eigenvalue weighted by Crippen LogP contribution is -2.43. The maximum absolute atomic E-state index is 12.6. The zero-order valence-corrected chi connectivity index (χ0v) is 15.7. The van der Waals surface area contributed by atoms with Crippen molar-refractivity contribution >= 4 is 17.6 Å². The summed E-state index contributed by atoms with van der Waals surface area (Å²) in [4.78, 5) is 25.6. The Balaban J connectivity index is 1.86. The van der Waals surface area contributed by atoms with Gasteiger partial charge in [0.05, 0.1) is 7.11 Å². The van der Waals surface area contributed by atoms with Crippen LogP contribution in [0.2, 0.25) is 0 Å². The second-order valence-corrected chi connectivity index (χ2v) is 6.58. The van der Waals surface area contributed by atoms with Gasteiger partial charge < -0.3 is 25.6 Å². The highest BCUT2D eigenvalue weighted by molar-refractivity contribution is 5.89. The monoisotopic (exact) mass is 362 g/mol. The molecule has 3 N–H and O–H groups in total. The number of hydrogen-bond acceptors (Lipinski definition) is 4. The van der Waals surface area contributed by atoms with Gasteiger partial charge in [0.15, 0.2) is 0 Å². The number of carbonyl (C=O) groups excluding carboxylic acids is 2. The molecular weight excluding hydrogens is 332 g/mol. The van der Waals surface area contributed by atoms with Crippen molar-refractivity contribution in [2.24, 2.45) is 0 Å². The number of benzene rings is 1. The molecule has 7 heteroatoms. The molecule has 1 atom stereocenters. The van der Waals surface area contributed by atoms with Gasteiger partial charge in [-0.25, -0.2) is 4.79 Å². The van der Waals surface area contributed by atoms with E-state index in [2.05, 4.69) is 16.0 Å². The van der Waals surface area contributed by atoms with Gasteiger partial charge in [-0.2, -0.15) is 0 Å². The van der Waals surface area contributed by atoms with E-state index in [4.69, 9.17) is 4.74 Å². The van der Waals surface area contributed by atoms with Crippen molar-refractivity contribution in [3.8, 4) is 5.75 Å². The van der Waals surface area contributed by atoms with Crippen LogP contribution < -0.4 is 20.7 Å². The molecule has 1 unspecified atom stereocenters. The highest BCUT2D eigenvalue weighted by Crippen LogP contribution is 2.16. The number of rotatable bonds is 4. The van der Waals surface area contributed by atoms with Crippen LogP contribution in [-0.2, 0) is 4.79 Å². The van der Waals surface area contributed by atoms with Gasteiger partial charge in [-0.3, -0.25) is 4.79 Å². The van der Waals surface area contributed by atoms with Crippen LogP contribution in [0.1, 0.15) is 32.6 Å². The van der Waals surface area contributed by atoms with Gasteiger partial charge in [-0.05, 0) is 56.5 Å². The van der Waals surface area contributed by atoms with E-state index in [0.29, 0.717) is 13.1 Å². The second kappa shape index (κ2) is 10.7. The average molecular weight is 362 g/mol. The smallest absolute Gasteiger partial charge is 0.321 e. The van der Waals surface area contributed by atoms with E-state index in [9.17, 15) is 9.59 Å². The zero-order chi connectivity index (χ0) is 18.8. The fourth-order valence-corrected chi connectivity index (χ4v) is 3.00. The molecule has 144 valence electrons. The zero-order valence-electron chi connectivity index (χ0n) is 15.7. The van der Waals surface area contributed by atoms with Gasteiger partial charge in [0, 0.05) is 38.3 Å². The number of urea groups is 1. The molecule has 2 rings (SSSR count). The summed E-state index contributed by atoms with van der Waals surface area (Å²) < 4.78 is 5.14. The summed E-state index contributed by atoms with van der Waals surface area (Å²) in [6.07, 6.45) is 3.78. The normalized spacial score (nSPS) is 18.7. The Bertz CT molecular complexity index is 577. The van der Waals surface area contributed by atoms with E-state index < -0.39 is 0 Å². The van der Waals surface area contributed by atoms with Crippen LogP contribution in [0.5, 0.6) is 5.75 Å². The van der Waals surface area contributed by atoms with Gasteiger partial charge in [-0.15, -0.1) is 0 Å². The molecule has 1 heterocycles. The summed E-state index contributed by atoms with van der Waals surface area (Å²) in [7, 11) is 1.62. The molecule has 0 aromatic heterocycles. The first-order valence-corrected chi connectivity index (χ1v) is 9.26. The van der Waals surface area contributed by atoms with Crippen LogP contribution in [0.4, 0.5) is 10.5 Å². The summed E-state index contributed by atoms with van der Waals surface area (Å²) in [6.45, 7) is 4.53. The molecule has 0 spiro atoms. The fraction of sp³-hybridized carbons (Fsp3) is 0.579. The van der Waals surface area contributed by atoms with E-state index in [1.54, 1.807) is 7.11 Å². The SMILES string of the molecule is COc1ccc(NC(=O)N2CCCCNC(CNC(C)=O)CCC2)cc1. The summed E-state index contributed by atoms with van der Waals surface area (Å²) in [5.41, 5.74) is 0.762. The number of methoxy groups -OCH3 is 1. The van der Waals surface area contributed by atoms with Crippen molar-refractivity contribution in [3.05, 3.63) is 24.3 Å². The molecule has 3 amide bonds. The largest absolute Gasteiger partial charge is 0.497 e. The van der Waals surface area contributed by atoms with Gasteiger partial charge in [-0.1, -0.05) is 0 Å². The third-order valence-electron chi connectivity index (χ3n) is 4.49. The minimum Gasteiger partial charge on any atom is -0.497 e. The molecule has 1 fully saturated rings. The Morgan fingerprint density at radius 1 is 1.19 bits per heavy atom. The van der Waals surface area contributed by atoms with Crippen LogP contribution in [0, 0.1) is 0 Å². The Labute approximate surface area is 155 Å². The molecule has 1 aliphatic rings. The van der Waals surface area contributed by atoms with Crippen LogP contribution >= 0.6 is 0 Å². The maximum atomic E-state index is 12.6. The van der Waals surface area contributed by atoms with Crippen molar-refractivity contribution in [1.29, 1.82) is 0 Å². The molecule has 0 saturated carbocycles. The Morgan fingerprint density at radius 3 is 2.62 bits per heavy atom. The average Bonchev–Trinajstić information content (AvgIpc) is 2.64. The molecular formula is C19H30N4O3. The number of anilines is 1. The van der Waals surface area contributed by atoms with Crippen LogP contribution in [0.25, 0.3) is 0 Å². The maximum Gasteiger partial charge on any atom is 0.321 e. The molecule has 1 aliphatic heterocycles. The first-order chi connectivity index (χ1) is 12.6. The predicted octanol–water partition coefficient (Wildman–Crippen LogP) is 2.20. The van der Waals surface area contributed by atoms with Gasteiger partial charge in [0.2, 0.25) is 5.91 Å². The molecule has 1 aromatic carbocycles. The van der Waals surface area contributed by atoms with Crippen LogP contribution in [0.15, 0.2) is 24.3 Å². The van der Waals surface area contributed by atoms with E-state index in [-0.39, 0.29) is 18.0 Å². The Hall–Kier alpha value is -2.28. The first kappa shape index (κ1) is 20.0. The number of nitrogens with zero attached hydrogens (tertiary/aromatic N) is 1. The van der Waals surface area contributed by atoms with Crippen molar-refractivity contribution in [3.63, 3.8) is 0 Å². The number of carbonyl (C=O) groups is 2. The third kappa shape index (κ3) is 6.92. The summed E-state index contributed by atoms with van der Waals surface area (Å²) in [6, 6.07) is 7.52. The molecule has 0 bridgehead atoms. The highest BCUT2D eigenvalue weighted by atomic mass is 16.5. The van der Waals surface area contributed by atoms with E-state index >= 15 is 0 Å². The van der Waals surface area contributed by atoms with Crippen molar-refractivity contribution < 1.29 is 14.3 Å². The van der Waals surface area contributed by atoms with E-state index in [1.807, 2.05) is 29.2 Å².